The van der Waals surface area contributed by atoms with Gasteiger partial charge in [-0.2, -0.15) is 4.31 Å². The van der Waals surface area contributed by atoms with Crippen LogP contribution in [0.5, 0.6) is 5.75 Å². The number of aliphatic hydroxyl groups excluding tert-OH is 1. The molecule has 43 heavy (non-hydrogen) atoms. The number of hydrogen-bond donors (Lipinski definition) is 4. The van der Waals surface area contributed by atoms with Gasteiger partial charge in [0, 0.05) is 12.1 Å². The predicted molar refractivity (Wildman–Crippen MR) is 169 cm³/mol. The normalized spacial score (nSPS) is 18.3. The second-order valence-electron chi connectivity index (χ2n) is 11.0. The zero-order valence-electron chi connectivity index (χ0n) is 23.5. The van der Waals surface area contributed by atoms with Gasteiger partial charge in [0.05, 0.1) is 33.7 Å². The molecule has 0 bridgehead atoms. The highest BCUT2D eigenvalue weighted by molar-refractivity contribution is 8.22. The average molecular weight is 620 g/mol. The van der Waals surface area contributed by atoms with Crippen LogP contribution in [0.15, 0.2) is 95.9 Å². The summed E-state index contributed by atoms with van der Waals surface area (Å²) in [6, 6.07) is 27.4. The molecule has 1 aliphatic heterocycles. The number of pyridine rings is 1. The summed E-state index contributed by atoms with van der Waals surface area (Å²) < 4.78 is 29.5. The van der Waals surface area contributed by atoms with Crippen molar-refractivity contribution in [2.45, 2.75) is 48.6 Å². The molecule has 1 aromatic heterocycles. The summed E-state index contributed by atoms with van der Waals surface area (Å²) in [4.78, 5) is 18.6. The monoisotopic (exact) mass is 619 g/mol. The molecule has 2 aliphatic rings. The van der Waals surface area contributed by atoms with Gasteiger partial charge in [0.1, 0.15) is 18.2 Å². The number of carbonyl (C=O) groups is 1. The van der Waals surface area contributed by atoms with Gasteiger partial charge < -0.3 is 15.2 Å². The van der Waals surface area contributed by atoms with Crippen LogP contribution in [0.2, 0.25) is 5.02 Å². The molecule has 1 aliphatic carbocycles. The largest absolute Gasteiger partial charge is 0.487 e. The Morgan fingerprint density at radius 1 is 1.02 bits per heavy atom. The molecule has 3 aromatic carbocycles. The van der Waals surface area contributed by atoms with E-state index in [1.807, 2.05) is 54.6 Å². The molecule has 0 radical (unpaired) electrons. The van der Waals surface area contributed by atoms with Crippen molar-refractivity contribution in [2.75, 3.05) is 18.5 Å². The zero-order valence-corrected chi connectivity index (χ0v) is 25.1. The number of ether oxygens (including phenoxy) is 1. The Balaban J connectivity index is 1.15. The van der Waals surface area contributed by atoms with Gasteiger partial charge in [-0.3, -0.25) is 13.9 Å². The second-order valence-corrected chi connectivity index (χ2v) is 13.4. The minimum atomic E-state index is -3.20. The lowest BCUT2D eigenvalue weighted by Crippen LogP contribution is -2.34. The summed E-state index contributed by atoms with van der Waals surface area (Å²) in [7, 11) is -3.20. The van der Waals surface area contributed by atoms with Crippen molar-refractivity contribution in [3.63, 3.8) is 0 Å². The fourth-order valence-electron chi connectivity index (χ4n) is 5.59. The molecule has 2 heterocycles. The van der Waals surface area contributed by atoms with Crippen LogP contribution in [0.4, 0.5) is 5.82 Å². The van der Waals surface area contributed by atoms with Crippen LogP contribution in [0.1, 0.15) is 36.8 Å². The minimum Gasteiger partial charge on any atom is -0.487 e. The number of amides is 1. The van der Waals surface area contributed by atoms with Crippen molar-refractivity contribution in [3.8, 4) is 17.0 Å². The molecule has 2 fully saturated rings. The van der Waals surface area contributed by atoms with Crippen molar-refractivity contribution in [1.82, 2.24) is 9.29 Å². The minimum absolute atomic E-state index is 0.112. The summed E-state index contributed by atoms with van der Waals surface area (Å²) in [6.07, 6.45) is 2.96. The van der Waals surface area contributed by atoms with E-state index >= 15 is 0 Å². The molecule has 1 atom stereocenters. The van der Waals surface area contributed by atoms with Crippen molar-refractivity contribution in [3.05, 3.63) is 107 Å². The number of aliphatic hydroxyl groups is 1. The molecule has 4 aromatic rings. The number of benzene rings is 3. The molecule has 6 rings (SSSR count). The molecule has 1 saturated heterocycles. The number of aromatic nitrogens is 1. The number of carbonyl (C=O) groups excluding carboxylic acids is 1. The van der Waals surface area contributed by atoms with E-state index < -0.39 is 16.2 Å². The second kappa shape index (κ2) is 12.3. The molecular weight excluding hydrogens is 586 g/mol. The van der Waals surface area contributed by atoms with Crippen molar-refractivity contribution >= 4 is 34.1 Å². The third-order valence-corrected chi connectivity index (χ3v) is 10.6. The maximum atomic E-state index is 13.6. The van der Waals surface area contributed by atoms with E-state index in [9.17, 15) is 19.0 Å². The van der Waals surface area contributed by atoms with Crippen molar-refractivity contribution in [1.29, 1.82) is 0 Å². The van der Waals surface area contributed by atoms with Crippen LogP contribution >= 0.6 is 22.4 Å². The third kappa shape index (κ3) is 6.15. The van der Waals surface area contributed by atoms with Crippen LogP contribution in [-0.2, 0) is 16.8 Å². The highest BCUT2D eigenvalue weighted by Crippen LogP contribution is 2.55. The Kier molecular flexibility index (Phi) is 8.46. The maximum Gasteiger partial charge on any atom is 0.236 e. The lowest BCUT2D eigenvalue weighted by Gasteiger charge is -2.43. The van der Waals surface area contributed by atoms with Gasteiger partial charge in [0.25, 0.3) is 0 Å². The van der Waals surface area contributed by atoms with Crippen LogP contribution < -0.4 is 10.1 Å². The standard InChI is InChI=1S/C33H34ClN3O5S/c34-28-16-13-25(20-30(28)42-22-23-6-2-1-3-7-23)33(17-18-33)32(39)36-31-10-4-9-29(35-31)24-11-14-27(15-12-24)43(40,41)37-19-5-8-26(37)21-38/h1-4,6-7,9-16,20,26,38,40-41H,5,8,17-19,21-22H2,(H,35,36,39)/t26-/m1/s1. The van der Waals surface area contributed by atoms with Gasteiger partial charge in [0.15, 0.2) is 0 Å². The third-order valence-electron chi connectivity index (χ3n) is 8.22. The summed E-state index contributed by atoms with van der Waals surface area (Å²) >= 11 is 6.42. The predicted octanol–water partition coefficient (Wildman–Crippen LogP) is 7.13. The van der Waals surface area contributed by atoms with Crippen LogP contribution in [0.3, 0.4) is 0 Å². The van der Waals surface area contributed by atoms with E-state index in [1.54, 1.807) is 40.7 Å². The SMILES string of the molecule is O=C(Nc1cccc(-c2ccc(S(O)(O)N3CCC[C@@H]3CO)cc2)n1)C1(c2ccc(Cl)c(OCc3ccccc3)c2)CC1. The number of halogens is 1. The molecule has 1 saturated carbocycles. The number of rotatable bonds is 10. The average Bonchev–Trinajstić information content (AvgIpc) is 3.70. The van der Waals surface area contributed by atoms with Crippen molar-refractivity contribution < 1.29 is 23.7 Å². The van der Waals surface area contributed by atoms with E-state index in [-0.39, 0.29) is 18.6 Å². The quantitative estimate of drug-likeness (QED) is 0.149. The maximum absolute atomic E-state index is 13.6. The lowest BCUT2D eigenvalue weighted by molar-refractivity contribution is -0.118. The Morgan fingerprint density at radius 3 is 2.51 bits per heavy atom. The molecule has 224 valence electrons. The first kappa shape index (κ1) is 29.6. The van der Waals surface area contributed by atoms with E-state index in [4.69, 9.17) is 16.3 Å². The summed E-state index contributed by atoms with van der Waals surface area (Å²) in [5.74, 6) is 0.834. The topological polar surface area (TPSA) is 115 Å². The van der Waals surface area contributed by atoms with Crippen LogP contribution in [0.25, 0.3) is 11.3 Å². The Labute approximate surface area is 257 Å². The van der Waals surface area contributed by atoms with Crippen LogP contribution in [-0.4, -0.2) is 48.6 Å². The molecule has 8 nitrogen and oxygen atoms in total. The fraction of sp³-hybridized carbons (Fsp3) is 0.273. The number of anilines is 1. The van der Waals surface area contributed by atoms with Gasteiger partial charge in [-0.05, 0) is 73.2 Å². The van der Waals surface area contributed by atoms with Gasteiger partial charge in [0.2, 0.25) is 5.91 Å². The van der Waals surface area contributed by atoms with Gasteiger partial charge in [-0.25, -0.2) is 4.98 Å². The highest BCUT2D eigenvalue weighted by atomic mass is 35.5. The number of nitrogens with one attached hydrogen (secondary N) is 1. The first-order chi connectivity index (χ1) is 20.8. The molecular formula is C33H34ClN3O5S. The molecule has 1 amide bonds. The van der Waals surface area contributed by atoms with Crippen LogP contribution in [0, 0.1) is 0 Å². The Morgan fingerprint density at radius 2 is 1.79 bits per heavy atom. The fourth-order valence-corrected chi connectivity index (χ4v) is 7.51. The Hall–Kier alpha value is -3.44. The summed E-state index contributed by atoms with van der Waals surface area (Å²) in [5, 5.41) is 13.1. The smallest absolute Gasteiger partial charge is 0.236 e. The van der Waals surface area contributed by atoms with E-state index in [0.717, 1.165) is 29.5 Å². The van der Waals surface area contributed by atoms with Gasteiger partial charge >= 0.3 is 0 Å². The van der Waals surface area contributed by atoms with Gasteiger partial charge in [-0.1, -0.05) is 66.2 Å². The lowest BCUT2D eigenvalue weighted by atomic mass is 9.94. The van der Waals surface area contributed by atoms with E-state index in [1.165, 1.54) is 0 Å². The highest BCUT2D eigenvalue weighted by Gasteiger charge is 2.51. The number of nitrogens with zero attached hydrogens (tertiary/aromatic N) is 2. The zero-order chi connectivity index (χ0) is 30.0. The summed E-state index contributed by atoms with van der Waals surface area (Å²) in [5.41, 5.74) is 2.62. The Bertz CT molecular complexity index is 1600. The molecule has 0 unspecified atom stereocenters. The first-order valence-electron chi connectivity index (χ1n) is 14.3. The summed E-state index contributed by atoms with van der Waals surface area (Å²) in [6.45, 7) is 0.790. The van der Waals surface area contributed by atoms with E-state index in [2.05, 4.69) is 10.3 Å². The first-order valence-corrected chi connectivity index (χ1v) is 16.2. The number of hydrogen-bond acceptors (Lipinski definition) is 7. The van der Waals surface area contributed by atoms with E-state index in [0.29, 0.717) is 53.2 Å². The van der Waals surface area contributed by atoms with Crippen molar-refractivity contribution in [2.24, 2.45) is 0 Å². The molecule has 0 spiro atoms. The van der Waals surface area contributed by atoms with Gasteiger partial charge in [-0.15, -0.1) is 10.8 Å². The molecule has 10 heteroatoms. The molecule has 4 N–H and O–H groups in total.